The maximum atomic E-state index is 13.0. The number of rotatable bonds is 4. The molecule has 2 aromatic rings. The van der Waals surface area contributed by atoms with Gasteiger partial charge in [0.2, 0.25) is 6.79 Å². The van der Waals surface area contributed by atoms with Gasteiger partial charge in [0.25, 0.3) is 5.91 Å². The van der Waals surface area contributed by atoms with Crippen LogP contribution in [0.25, 0.3) is 0 Å². The van der Waals surface area contributed by atoms with Crippen LogP contribution in [0, 0.1) is 6.92 Å². The van der Waals surface area contributed by atoms with Crippen molar-refractivity contribution in [3.63, 3.8) is 0 Å². The lowest BCUT2D eigenvalue weighted by Crippen LogP contribution is -2.32. The Morgan fingerprint density at radius 2 is 1.96 bits per heavy atom. The topological polar surface area (TPSA) is 38.8 Å². The lowest BCUT2D eigenvalue weighted by molar-refractivity contribution is 0.0729. The molecule has 4 rings (SSSR count). The minimum absolute atomic E-state index is 0.0155. The molecule has 1 aliphatic heterocycles. The average Bonchev–Trinajstić information content (AvgIpc) is 3.30. The van der Waals surface area contributed by atoms with Crippen molar-refractivity contribution >= 4 is 17.5 Å². The van der Waals surface area contributed by atoms with Crippen molar-refractivity contribution < 1.29 is 14.3 Å². The van der Waals surface area contributed by atoms with E-state index in [-0.39, 0.29) is 12.7 Å². The third-order valence-electron chi connectivity index (χ3n) is 4.40. The fraction of sp³-hybridized carbons (Fsp3) is 0.316. The van der Waals surface area contributed by atoms with Crippen LogP contribution >= 0.6 is 11.6 Å². The molecule has 5 heteroatoms. The number of ether oxygens (including phenoxy) is 2. The molecule has 0 N–H and O–H groups in total. The van der Waals surface area contributed by atoms with Crippen LogP contribution in [0.15, 0.2) is 36.4 Å². The number of benzene rings is 2. The lowest BCUT2D eigenvalue weighted by Gasteiger charge is -2.23. The summed E-state index contributed by atoms with van der Waals surface area (Å²) in [5.41, 5.74) is 2.89. The van der Waals surface area contributed by atoms with Crippen LogP contribution in [0.4, 0.5) is 0 Å². The van der Waals surface area contributed by atoms with Gasteiger partial charge in [0.15, 0.2) is 11.5 Å². The summed E-state index contributed by atoms with van der Waals surface area (Å²) in [6.07, 6.45) is 2.10. The van der Waals surface area contributed by atoms with E-state index in [2.05, 4.69) is 31.2 Å². The first kappa shape index (κ1) is 15.3. The molecule has 24 heavy (non-hydrogen) atoms. The molecule has 1 saturated carbocycles. The molecule has 0 spiro atoms. The Morgan fingerprint density at radius 3 is 2.67 bits per heavy atom. The van der Waals surface area contributed by atoms with Crippen LogP contribution in [0.5, 0.6) is 11.5 Å². The molecule has 1 fully saturated rings. The SMILES string of the molecule is Cc1ccc(CN(C(=O)c2cc(Cl)c3c(c2)OCO3)C2CC2)cc1. The Bertz CT molecular complexity index is 784. The molecule has 0 aromatic heterocycles. The summed E-state index contributed by atoms with van der Waals surface area (Å²) in [5.74, 6) is 1.04. The molecular weight excluding hydrogens is 326 g/mol. The van der Waals surface area contributed by atoms with Crippen LogP contribution in [0.3, 0.4) is 0 Å². The number of carbonyl (C=O) groups excluding carboxylic acids is 1. The predicted octanol–water partition coefficient (Wildman–Crippen LogP) is 4.18. The highest BCUT2D eigenvalue weighted by molar-refractivity contribution is 6.32. The Hall–Kier alpha value is -2.20. The largest absolute Gasteiger partial charge is 0.454 e. The average molecular weight is 344 g/mol. The number of fused-ring (bicyclic) bond motifs is 1. The molecule has 0 saturated heterocycles. The summed E-state index contributed by atoms with van der Waals surface area (Å²) in [4.78, 5) is 14.9. The second kappa shape index (κ2) is 6.02. The molecule has 0 radical (unpaired) electrons. The Balaban J connectivity index is 1.60. The van der Waals surface area contributed by atoms with E-state index in [1.807, 2.05) is 4.90 Å². The Labute approximate surface area is 145 Å². The van der Waals surface area contributed by atoms with Crippen molar-refractivity contribution in [2.75, 3.05) is 6.79 Å². The van der Waals surface area contributed by atoms with Gasteiger partial charge in [-0.2, -0.15) is 0 Å². The molecule has 2 aromatic carbocycles. The van der Waals surface area contributed by atoms with E-state index >= 15 is 0 Å². The summed E-state index contributed by atoms with van der Waals surface area (Å²) in [6.45, 7) is 2.81. The van der Waals surface area contributed by atoms with Crippen molar-refractivity contribution in [2.24, 2.45) is 0 Å². The highest BCUT2D eigenvalue weighted by Gasteiger charge is 2.34. The molecule has 1 amide bonds. The Kier molecular flexibility index (Phi) is 3.85. The van der Waals surface area contributed by atoms with E-state index in [0.717, 1.165) is 18.4 Å². The minimum Gasteiger partial charge on any atom is -0.454 e. The van der Waals surface area contributed by atoms with Crippen molar-refractivity contribution in [3.8, 4) is 11.5 Å². The fourth-order valence-corrected chi connectivity index (χ4v) is 3.17. The summed E-state index contributed by atoms with van der Waals surface area (Å²) in [7, 11) is 0. The first-order chi connectivity index (χ1) is 11.6. The second-order valence-corrected chi connectivity index (χ2v) is 6.75. The third-order valence-corrected chi connectivity index (χ3v) is 4.68. The standard InChI is InChI=1S/C19H18ClNO3/c1-12-2-4-13(5-3-12)10-21(15-6-7-15)19(22)14-8-16(20)18-17(9-14)23-11-24-18/h2-5,8-9,15H,6-7,10-11H2,1H3. The van der Waals surface area contributed by atoms with Gasteiger partial charge in [-0.3, -0.25) is 4.79 Å². The van der Waals surface area contributed by atoms with E-state index in [0.29, 0.717) is 34.7 Å². The molecule has 1 heterocycles. The molecule has 1 aliphatic carbocycles. The third kappa shape index (κ3) is 2.94. The second-order valence-electron chi connectivity index (χ2n) is 6.34. The molecule has 0 atom stereocenters. The highest BCUT2D eigenvalue weighted by Crippen LogP contribution is 2.40. The van der Waals surface area contributed by atoms with Crippen LogP contribution in [-0.4, -0.2) is 23.6 Å². The summed E-state index contributed by atoms with van der Waals surface area (Å²) < 4.78 is 10.7. The van der Waals surface area contributed by atoms with Gasteiger partial charge < -0.3 is 14.4 Å². The van der Waals surface area contributed by atoms with E-state index in [9.17, 15) is 4.79 Å². The normalized spacial score (nSPS) is 15.4. The monoisotopic (exact) mass is 343 g/mol. The van der Waals surface area contributed by atoms with Crippen molar-refractivity contribution in [2.45, 2.75) is 32.4 Å². The molecular formula is C19H18ClNO3. The van der Waals surface area contributed by atoms with Crippen molar-refractivity contribution in [1.29, 1.82) is 0 Å². The van der Waals surface area contributed by atoms with Gasteiger partial charge in [0, 0.05) is 18.2 Å². The van der Waals surface area contributed by atoms with Crippen LogP contribution in [0.1, 0.15) is 34.3 Å². The molecule has 4 nitrogen and oxygen atoms in total. The summed E-state index contributed by atoms with van der Waals surface area (Å²) in [5, 5.41) is 0.416. The van der Waals surface area contributed by atoms with E-state index in [1.165, 1.54) is 5.56 Å². The smallest absolute Gasteiger partial charge is 0.254 e. The highest BCUT2D eigenvalue weighted by atomic mass is 35.5. The van der Waals surface area contributed by atoms with Crippen LogP contribution < -0.4 is 9.47 Å². The van der Waals surface area contributed by atoms with Crippen LogP contribution in [-0.2, 0) is 6.54 Å². The van der Waals surface area contributed by atoms with Gasteiger partial charge in [-0.15, -0.1) is 0 Å². The molecule has 2 aliphatic rings. The first-order valence-electron chi connectivity index (χ1n) is 8.07. The van der Waals surface area contributed by atoms with E-state index < -0.39 is 0 Å². The van der Waals surface area contributed by atoms with Gasteiger partial charge in [-0.25, -0.2) is 0 Å². The maximum absolute atomic E-state index is 13.0. The predicted molar refractivity (Wildman–Crippen MR) is 91.6 cm³/mol. The van der Waals surface area contributed by atoms with Crippen molar-refractivity contribution in [3.05, 3.63) is 58.1 Å². The molecule has 0 unspecified atom stereocenters. The minimum atomic E-state index is -0.0155. The number of aryl methyl sites for hydroxylation is 1. The van der Waals surface area contributed by atoms with Crippen molar-refractivity contribution in [1.82, 2.24) is 4.90 Å². The van der Waals surface area contributed by atoms with Gasteiger partial charge in [0.05, 0.1) is 5.02 Å². The zero-order chi connectivity index (χ0) is 16.7. The molecule has 0 bridgehead atoms. The lowest BCUT2D eigenvalue weighted by atomic mass is 10.1. The van der Waals surface area contributed by atoms with Gasteiger partial charge in [-0.1, -0.05) is 41.4 Å². The summed E-state index contributed by atoms with van der Waals surface area (Å²) >= 11 is 6.22. The Morgan fingerprint density at radius 1 is 1.21 bits per heavy atom. The maximum Gasteiger partial charge on any atom is 0.254 e. The zero-order valence-electron chi connectivity index (χ0n) is 13.4. The molecule has 124 valence electrons. The zero-order valence-corrected chi connectivity index (χ0v) is 14.2. The first-order valence-corrected chi connectivity index (χ1v) is 8.45. The fourth-order valence-electron chi connectivity index (χ4n) is 2.90. The van der Waals surface area contributed by atoms with Gasteiger partial charge in [-0.05, 0) is 37.5 Å². The number of carbonyl (C=O) groups is 1. The number of hydrogen-bond acceptors (Lipinski definition) is 3. The number of halogens is 1. The summed E-state index contributed by atoms with van der Waals surface area (Å²) in [6, 6.07) is 12.0. The van der Waals surface area contributed by atoms with Crippen LogP contribution in [0.2, 0.25) is 5.02 Å². The number of hydrogen-bond donors (Lipinski definition) is 0. The number of nitrogens with zero attached hydrogens (tertiary/aromatic N) is 1. The number of amides is 1. The van der Waals surface area contributed by atoms with E-state index in [4.69, 9.17) is 21.1 Å². The van der Waals surface area contributed by atoms with Gasteiger partial charge >= 0.3 is 0 Å². The van der Waals surface area contributed by atoms with E-state index in [1.54, 1.807) is 12.1 Å². The van der Waals surface area contributed by atoms with Gasteiger partial charge in [0.1, 0.15) is 0 Å². The quantitative estimate of drug-likeness (QED) is 0.835.